The second-order valence-electron chi connectivity index (χ2n) is 9.50. The molecule has 1 aromatic heterocycles. The van der Waals surface area contributed by atoms with Gasteiger partial charge < -0.3 is 14.8 Å². The van der Waals surface area contributed by atoms with Crippen LogP contribution in [0.3, 0.4) is 0 Å². The van der Waals surface area contributed by atoms with E-state index in [9.17, 15) is 13.2 Å². The summed E-state index contributed by atoms with van der Waals surface area (Å²) in [6, 6.07) is 17.9. The molecular formula is C27H27N3O5S. The fraction of sp³-hybridized carbons (Fsp3) is 0.333. The maximum atomic E-state index is 13.3. The van der Waals surface area contributed by atoms with E-state index in [1.54, 1.807) is 34.6 Å². The Kier molecular flexibility index (Phi) is 5.69. The summed E-state index contributed by atoms with van der Waals surface area (Å²) in [5.74, 6) is 1.71. The Labute approximate surface area is 210 Å². The number of ether oxygens (including phenoxy) is 2. The number of anilines is 1. The molecule has 1 aliphatic carbocycles. The van der Waals surface area contributed by atoms with Gasteiger partial charge in [-0.15, -0.1) is 0 Å². The summed E-state index contributed by atoms with van der Waals surface area (Å²) in [5.41, 5.74) is 1.75. The van der Waals surface area contributed by atoms with Crippen molar-refractivity contribution in [3.63, 3.8) is 0 Å². The molecule has 186 valence electrons. The first-order valence-electron chi connectivity index (χ1n) is 12.2. The van der Waals surface area contributed by atoms with Crippen LogP contribution in [0.5, 0.6) is 11.5 Å². The first-order chi connectivity index (χ1) is 17.5. The number of sulfonamides is 1. The van der Waals surface area contributed by atoms with Crippen LogP contribution in [0, 0.1) is 0 Å². The van der Waals surface area contributed by atoms with E-state index in [4.69, 9.17) is 9.47 Å². The summed E-state index contributed by atoms with van der Waals surface area (Å²) in [4.78, 5) is 18.2. The number of hydrogen-bond donors (Lipinski definition) is 1. The van der Waals surface area contributed by atoms with Crippen LogP contribution < -0.4 is 14.8 Å². The number of carbonyl (C=O) groups excluding carboxylic acids is 1. The summed E-state index contributed by atoms with van der Waals surface area (Å²) >= 11 is 0. The minimum atomic E-state index is -3.49. The summed E-state index contributed by atoms with van der Waals surface area (Å²) in [6.07, 6.45) is 4.38. The van der Waals surface area contributed by atoms with Gasteiger partial charge in [-0.1, -0.05) is 30.7 Å². The molecule has 36 heavy (non-hydrogen) atoms. The summed E-state index contributed by atoms with van der Waals surface area (Å²) in [7, 11) is -3.49. The lowest BCUT2D eigenvalue weighted by molar-refractivity contribution is -0.118. The molecule has 0 radical (unpaired) electrons. The van der Waals surface area contributed by atoms with Crippen molar-refractivity contribution in [1.29, 1.82) is 0 Å². The van der Waals surface area contributed by atoms with Crippen molar-refractivity contribution < 1.29 is 22.7 Å². The van der Waals surface area contributed by atoms with Crippen LogP contribution in [-0.4, -0.2) is 43.5 Å². The SMILES string of the molecule is O=C(Nc1cccc(-c2ccc(S(=O)(=O)N3CCCCC3)cc2)n1)C1(c2ccc3c(c2)OCO3)CC1. The number of rotatable bonds is 6. The molecule has 2 aromatic carbocycles. The minimum Gasteiger partial charge on any atom is -0.454 e. The van der Waals surface area contributed by atoms with Crippen molar-refractivity contribution in [3.8, 4) is 22.8 Å². The highest BCUT2D eigenvalue weighted by Gasteiger charge is 2.51. The Balaban J connectivity index is 1.19. The van der Waals surface area contributed by atoms with Crippen molar-refractivity contribution in [2.24, 2.45) is 0 Å². The van der Waals surface area contributed by atoms with Crippen LogP contribution in [0.1, 0.15) is 37.7 Å². The third kappa shape index (κ3) is 4.12. The zero-order chi connectivity index (χ0) is 24.8. The van der Waals surface area contributed by atoms with E-state index < -0.39 is 15.4 Å². The Hall–Kier alpha value is -3.43. The van der Waals surface area contributed by atoms with Crippen LogP contribution in [0.2, 0.25) is 0 Å². The van der Waals surface area contributed by atoms with E-state index in [1.165, 1.54) is 0 Å². The van der Waals surface area contributed by atoms with Crippen molar-refractivity contribution in [2.75, 3.05) is 25.2 Å². The van der Waals surface area contributed by atoms with E-state index in [0.717, 1.165) is 43.2 Å². The molecule has 1 saturated carbocycles. The van der Waals surface area contributed by atoms with Gasteiger partial charge in [0.2, 0.25) is 22.7 Å². The van der Waals surface area contributed by atoms with Gasteiger partial charge in [0.25, 0.3) is 0 Å². The standard InChI is InChI=1S/C27H27N3O5S/c31-26(27(13-14-27)20-9-12-23-24(17-20)35-18-34-23)29-25-6-4-5-22(28-25)19-7-10-21(11-8-19)36(32,33)30-15-2-1-3-16-30/h4-12,17H,1-3,13-16,18H2,(H,28,29,31). The number of nitrogens with one attached hydrogen (secondary N) is 1. The summed E-state index contributed by atoms with van der Waals surface area (Å²) in [5, 5.41) is 2.98. The Morgan fingerprint density at radius 3 is 2.42 bits per heavy atom. The molecule has 6 rings (SSSR count). The third-order valence-electron chi connectivity index (χ3n) is 7.20. The third-order valence-corrected chi connectivity index (χ3v) is 9.12. The van der Waals surface area contributed by atoms with E-state index in [-0.39, 0.29) is 17.6 Å². The zero-order valence-electron chi connectivity index (χ0n) is 19.8. The van der Waals surface area contributed by atoms with E-state index in [2.05, 4.69) is 10.3 Å². The number of piperidine rings is 1. The highest BCUT2D eigenvalue weighted by molar-refractivity contribution is 7.89. The number of amides is 1. The number of nitrogens with zero attached hydrogens (tertiary/aromatic N) is 2. The molecule has 0 unspecified atom stereocenters. The Bertz CT molecular complexity index is 1410. The molecule has 0 spiro atoms. The molecule has 0 atom stereocenters. The lowest BCUT2D eigenvalue weighted by atomic mass is 9.94. The van der Waals surface area contributed by atoms with E-state index in [1.807, 2.05) is 30.3 Å². The van der Waals surface area contributed by atoms with Gasteiger partial charge in [0.05, 0.1) is 16.0 Å². The second kappa shape index (κ2) is 8.90. The molecule has 3 aromatic rings. The lowest BCUT2D eigenvalue weighted by Crippen LogP contribution is -2.35. The summed E-state index contributed by atoms with van der Waals surface area (Å²) in [6.45, 7) is 1.34. The molecule has 1 amide bonds. The maximum absolute atomic E-state index is 13.3. The van der Waals surface area contributed by atoms with Crippen LogP contribution in [0.25, 0.3) is 11.3 Å². The van der Waals surface area contributed by atoms with Crippen molar-refractivity contribution in [1.82, 2.24) is 9.29 Å². The molecule has 8 nitrogen and oxygen atoms in total. The van der Waals surface area contributed by atoms with Crippen molar-refractivity contribution >= 4 is 21.7 Å². The van der Waals surface area contributed by atoms with Crippen LogP contribution in [0.15, 0.2) is 65.6 Å². The van der Waals surface area contributed by atoms with Crippen LogP contribution in [0.4, 0.5) is 5.82 Å². The van der Waals surface area contributed by atoms with Gasteiger partial charge in [-0.05, 0) is 67.6 Å². The first-order valence-corrected chi connectivity index (χ1v) is 13.7. The molecule has 3 heterocycles. The van der Waals surface area contributed by atoms with Gasteiger partial charge in [0.1, 0.15) is 5.82 Å². The normalized spacial score (nSPS) is 18.6. The Morgan fingerprint density at radius 1 is 0.917 bits per heavy atom. The number of hydrogen-bond acceptors (Lipinski definition) is 6. The number of benzene rings is 2. The summed E-state index contributed by atoms with van der Waals surface area (Å²) < 4.78 is 38.3. The largest absolute Gasteiger partial charge is 0.454 e. The number of aromatic nitrogens is 1. The predicted octanol–water partition coefficient (Wildman–Crippen LogP) is 4.32. The Morgan fingerprint density at radius 2 is 1.67 bits per heavy atom. The number of pyridine rings is 1. The molecule has 0 bridgehead atoms. The average molecular weight is 506 g/mol. The van der Waals surface area contributed by atoms with Crippen LogP contribution in [-0.2, 0) is 20.2 Å². The fourth-order valence-electron chi connectivity index (χ4n) is 4.92. The van der Waals surface area contributed by atoms with Gasteiger partial charge in [-0.2, -0.15) is 4.31 Å². The first kappa shape index (κ1) is 23.0. The molecule has 1 saturated heterocycles. The van der Waals surface area contributed by atoms with Gasteiger partial charge in [-0.3, -0.25) is 4.79 Å². The molecule has 9 heteroatoms. The molecule has 2 aliphatic heterocycles. The van der Waals surface area contributed by atoms with E-state index >= 15 is 0 Å². The molecular weight excluding hydrogens is 478 g/mol. The minimum absolute atomic E-state index is 0.103. The second-order valence-corrected chi connectivity index (χ2v) is 11.4. The van der Waals surface area contributed by atoms with Gasteiger partial charge >= 0.3 is 0 Å². The predicted molar refractivity (Wildman–Crippen MR) is 134 cm³/mol. The highest BCUT2D eigenvalue weighted by atomic mass is 32.2. The smallest absolute Gasteiger partial charge is 0.243 e. The topological polar surface area (TPSA) is 97.8 Å². The van der Waals surface area contributed by atoms with E-state index in [0.29, 0.717) is 36.1 Å². The molecule has 1 N–H and O–H groups in total. The quantitative estimate of drug-likeness (QED) is 0.536. The van der Waals surface area contributed by atoms with Crippen molar-refractivity contribution in [3.05, 3.63) is 66.2 Å². The maximum Gasteiger partial charge on any atom is 0.243 e. The highest BCUT2D eigenvalue weighted by Crippen LogP contribution is 2.51. The lowest BCUT2D eigenvalue weighted by Gasteiger charge is -2.25. The van der Waals surface area contributed by atoms with Crippen LogP contribution >= 0.6 is 0 Å². The van der Waals surface area contributed by atoms with Crippen molar-refractivity contribution in [2.45, 2.75) is 42.4 Å². The zero-order valence-corrected chi connectivity index (χ0v) is 20.6. The molecule has 2 fully saturated rings. The molecule has 3 aliphatic rings. The van der Waals surface area contributed by atoms with Gasteiger partial charge in [-0.25, -0.2) is 13.4 Å². The number of carbonyl (C=O) groups is 1. The number of fused-ring (bicyclic) bond motifs is 1. The fourth-order valence-corrected chi connectivity index (χ4v) is 6.44. The monoisotopic (exact) mass is 505 g/mol. The average Bonchev–Trinajstić information content (AvgIpc) is 3.60. The van der Waals surface area contributed by atoms with Gasteiger partial charge in [0.15, 0.2) is 11.5 Å². The van der Waals surface area contributed by atoms with Gasteiger partial charge in [0, 0.05) is 18.7 Å².